The molecule has 4 rings (SSSR count). The molecule has 9 nitrogen and oxygen atoms in total. The molecule has 10 heteroatoms. The summed E-state index contributed by atoms with van der Waals surface area (Å²) in [6.45, 7) is 2.25. The summed E-state index contributed by atoms with van der Waals surface area (Å²) in [4.78, 5) is 27.1. The number of nitrogens with zero attached hydrogens (tertiary/aromatic N) is 5. The topological polar surface area (TPSA) is 103 Å². The maximum Gasteiger partial charge on any atom is 0.322 e. The van der Waals surface area contributed by atoms with E-state index in [-0.39, 0.29) is 37.5 Å². The quantitative estimate of drug-likeness (QED) is 0.794. The summed E-state index contributed by atoms with van der Waals surface area (Å²) in [5, 5.41) is 22.0. The zero-order chi connectivity index (χ0) is 20.7. The Morgan fingerprint density at radius 2 is 2.14 bits per heavy atom. The van der Waals surface area contributed by atoms with E-state index in [2.05, 4.69) is 15.5 Å². The highest BCUT2D eigenvalue weighted by Gasteiger charge is 2.33. The molecule has 0 radical (unpaired) electrons. The number of aryl methyl sites for hydroxylation is 1. The van der Waals surface area contributed by atoms with Crippen LogP contribution in [0.2, 0.25) is 0 Å². The zero-order valence-electron chi connectivity index (χ0n) is 16.1. The molecule has 2 aliphatic heterocycles. The SMILES string of the molecule is Cc1cc(NC(=O)N2CCc3nn4c(c3C2)C(=O)N(C)N=C(CO)C4)ccc1F. The minimum absolute atomic E-state index is 0.218. The molecule has 0 saturated heterocycles. The first-order valence-electron chi connectivity index (χ1n) is 9.23. The van der Waals surface area contributed by atoms with Gasteiger partial charge in [0.25, 0.3) is 5.91 Å². The molecule has 3 amide bonds. The lowest BCUT2D eigenvalue weighted by Crippen LogP contribution is -2.39. The van der Waals surface area contributed by atoms with Crippen molar-refractivity contribution < 1.29 is 19.1 Å². The molecule has 0 unspecified atom stereocenters. The van der Waals surface area contributed by atoms with Crippen molar-refractivity contribution in [2.75, 3.05) is 25.5 Å². The summed E-state index contributed by atoms with van der Waals surface area (Å²) in [7, 11) is 1.53. The number of nitrogens with one attached hydrogen (secondary N) is 1. The first kappa shape index (κ1) is 19.1. The third-order valence-electron chi connectivity index (χ3n) is 5.10. The van der Waals surface area contributed by atoms with Crippen LogP contribution in [0.1, 0.15) is 27.3 Å². The molecule has 0 atom stereocenters. The van der Waals surface area contributed by atoms with Gasteiger partial charge in [-0.1, -0.05) is 0 Å². The van der Waals surface area contributed by atoms with Crippen LogP contribution in [-0.2, 0) is 19.5 Å². The molecule has 3 heterocycles. The van der Waals surface area contributed by atoms with Gasteiger partial charge in [-0.2, -0.15) is 10.2 Å². The van der Waals surface area contributed by atoms with Crippen molar-refractivity contribution in [1.82, 2.24) is 19.7 Å². The number of aliphatic hydroxyl groups is 1. The minimum Gasteiger partial charge on any atom is -0.390 e. The number of benzene rings is 1. The van der Waals surface area contributed by atoms with Gasteiger partial charge in [0.15, 0.2) is 0 Å². The van der Waals surface area contributed by atoms with E-state index in [9.17, 15) is 19.1 Å². The number of carbonyl (C=O) groups is 2. The number of carbonyl (C=O) groups excluding carboxylic acids is 2. The van der Waals surface area contributed by atoms with Crippen LogP contribution < -0.4 is 5.32 Å². The number of amides is 3. The van der Waals surface area contributed by atoms with Gasteiger partial charge < -0.3 is 15.3 Å². The van der Waals surface area contributed by atoms with Gasteiger partial charge in [0, 0.05) is 31.3 Å². The molecule has 0 fully saturated rings. The predicted octanol–water partition coefficient (Wildman–Crippen LogP) is 1.35. The van der Waals surface area contributed by atoms with Crippen molar-refractivity contribution in [3.05, 3.63) is 46.5 Å². The second-order valence-electron chi connectivity index (χ2n) is 7.15. The number of aromatic nitrogens is 2. The van der Waals surface area contributed by atoms with Crippen molar-refractivity contribution in [2.24, 2.45) is 5.10 Å². The van der Waals surface area contributed by atoms with E-state index >= 15 is 0 Å². The molecule has 2 aliphatic rings. The number of aliphatic hydroxyl groups excluding tert-OH is 1. The number of fused-ring (bicyclic) bond motifs is 3. The van der Waals surface area contributed by atoms with Gasteiger partial charge in [0.1, 0.15) is 11.5 Å². The fraction of sp³-hybridized carbons (Fsp3) is 0.368. The van der Waals surface area contributed by atoms with Crippen LogP contribution in [0.3, 0.4) is 0 Å². The minimum atomic E-state index is -0.335. The van der Waals surface area contributed by atoms with Crippen molar-refractivity contribution in [3.8, 4) is 0 Å². The molecule has 1 aromatic heterocycles. The molecule has 0 spiro atoms. The van der Waals surface area contributed by atoms with E-state index in [0.29, 0.717) is 41.2 Å². The highest BCUT2D eigenvalue weighted by molar-refractivity contribution is 5.98. The van der Waals surface area contributed by atoms with Crippen LogP contribution in [0.5, 0.6) is 0 Å². The lowest BCUT2D eigenvalue weighted by molar-refractivity contribution is 0.0790. The van der Waals surface area contributed by atoms with Gasteiger partial charge in [0.05, 0.1) is 31.1 Å². The Morgan fingerprint density at radius 3 is 2.86 bits per heavy atom. The Bertz CT molecular complexity index is 1030. The Labute approximate surface area is 166 Å². The molecule has 0 saturated carbocycles. The summed E-state index contributed by atoms with van der Waals surface area (Å²) in [5.41, 5.74) is 3.21. The molecule has 1 aromatic carbocycles. The average Bonchev–Trinajstić information content (AvgIpc) is 3.00. The largest absolute Gasteiger partial charge is 0.390 e. The zero-order valence-corrected chi connectivity index (χ0v) is 16.1. The highest BCUT2D eigenvalue weighted by atomic mass is 19.1. The van der Waals surface area contributed by atoms with Gasteiger partial charge in [-0.3, -0.25) is 9.48 Å². The maximum atomic E-state index is 13.4. The summed E-state index contributed by atoms with van der Waals surface area (Å²) < 4.78 is 15.0. The third kappa shape index (κ3) is 3.46. The lowest BCUT2D eigenvalue weighted by Gasteiger charge is -2.27. The fourth-order valence-corrected chi connectivity index (χ4v) is 3.58. The number of rotatable bonds is 2. The van der Waals surface area contributed by atoms with Crippen molar-refractivity contribution in [1.29, 1.82) is 0 Å². The monoisotopic (exact) mass is 400 g/mol. The number of halogens is 1. The van der Waals surface area contributed by atoms with Crippen LogP contribution >= 0.6 is 0 Å². The molecular weight excluding hydrogens is 379 g/mol. The van der Waals surface area contributed by atoms with Gasteiger partial charge >= 0.3 is 6.03 Å². The van der Waals surface area contributed by atoms with Crippen molar-refractivity contribution >= 4 is 23.3 Å². The van der Waals surface area contributed by atoms with Gasteiger partial charge in [-0.25, -0.2) is 14.2 Å². The number of anilines is 1. The highest BCUT2D eigenvalue weighted by Crippen LogP contribution is 2.26. The van der Waals surface area contributed by atoms with Gasteiger partial charge in [-0.15, -0.1) is 0 Å². The van der Waals surface area contributed by atoms with E-state index in [0.717, 1.165) is 5.69 Å². The van der Waals surface area contributed by atoms with Crippen molar-refractivity contribution in [2.45, 2.75) is 26.4 Å². The van der Waals surface area contributed by atoms with E-state index in [1.807, 2.05) is 0 Å². The van der Waals surface area contributed by atoms with Crippen LogP contribution in [0.4, 0.5) is 14.9 Å². The van der Waals surface area contributed by atoms with Crippen LogP contribution in [0, 0.1) is 12.7 Å². The number of urea groups is 1. The van der Waals surface area contributed by atoms with E-state index in [1.165, 1.54) is 24.2 Å². The Balaban J connectivity index is 1.57. The molecule has 29 heavy (non-hydrogen) atoms. The average molecular weight is 400 g/mol. The van der Waals surface area contributed by atoms with Crippen LogP contribution in [0.15, 0.2) is 23.3 Å². The smallest absolute Gasteiger partial charge is 0.322 e. The standard InChI is InChI=1S/C19H21FN6O3/c1-11-7-12(3-4-15(11)20)21-19(29)25-6-5-16-14(9-25)17-18(28)24(2)22-13(10-27)8-26(17)23-16/h3-4,7,27H,5-6,8-10H2,1-2H3,(H,21,29). The van der Waals surface area contributed by atoms with Gasteiger partial charge in [-0.05, 0) is 30.7 Å². The van der Waals surface area contributed by atoms with Crippen LogP contribution in [-0.4, -0.2) is 62.6 Å². The van der Waals surface area contributed by atoms with Crippen LogP contribution in [0.25, 0.3) is 0 Å². The molecule has 2 aromatic rings. The van der Waals surface area contributed by atoms with E-state index < -0.39 is 0 Å². The summed E-state index contributed by atoms with van der Waals surface area (Å²) in [5.74, 6) is -0.668. The number of hydrogen-bond donors (Lipinski definition) is 2. The second-order valence-corrected chi connectivity index (χ2v) is 7.15. The Morgan fingerprint density at radius 1 is 1.34 bits per heavy atom. The van der Waals surface area contributed by atoms with E-state index in [4.69, 9.17) is 0 Å². The molecule has 152 valence electrons. The molecular formula is C19H21FN6O3. The Hall–Kier alpha value is -3.27. The lowest BCUT2D eigenvalue weighted by atomic mass is 10.1. The summed E-state index contributed by atoms with van der Waals surface area (Å²) in [6.07, 6.45) is 0.508. The second kappa shape index (κ2) is 7.28. The molecule has 0 aliphatic carbocycles. The fourth-order valence-electron chi connectivity index (χ4n) is 3.58. The first-order valence-corrected chi connectivity index (χ1v) is 9.23. The molecule has 2 N–H and O–H groups in total. The normalized spacial score (nSPS) is 16.1. The van der Waals surface area contributed by atoms with E-state index in [1.54, 1.807) is 22.6 Å². The Kier molecular flexibility index (Phi) is 4.79. The molecule has 0 bridgehead atoms. The first-order chi connectivity index (χ1) is 13.9. The summed E-state index contributed by atoms with van der Waals surface area (Å²) in [6, 6.07) is 4.06. The predicted molar refractivity (Wildman–Crippen MR) is 103 cm³/mol. The number of hydrazone groups is 1. The summed E-state index contributed by atoms with van der Waals surface area (Å²) >= 11 is 0. The number of hydrogen-bond acceptors (Lipinski definition) is 5. The maximum absolute atomic E-state index is 13.4. The van der Waals surface area contributed by atoms with Crippen molar-refractivity contribution in [3.63, 3.8) is 0 Å². The van der Waals surface area contributed by atoms with Gasteiger partial charge in [0.2, 0.25) is 0 Å². The third-order valence-corrected chi connectivity index (χ3v) is 5.10.